The Morgan fingerprint density at radius 1 is 1.26 bits per heavy atom. The lowest BCUT2D eigenvalue weighted by atomic mass is 10.1. The number of hydrogen-bond donors (Lipinski definition) is 2. The van der Waals surface area contributed by atoms with Crippen LogP contribution in [0.2, 0.25) is 0 Å². The minimum absolute atomic E-state index is 0.153. The van der Waals surface area contributed by atoms with Crippen LogP contribution in [0.4, 0.5) is 4.39 Å². The van der Waals surface area contributed by atoms with Crippen molar-refractivity contribution < 1.29 is 9.50 Å². The van der Waals surface area contributed by atoms with Gasteiger partial charge in [-0.3, -0.25) is 0 Å². The second-order valence-electron chi connectivity index (χ2n) is 4.80. The fraction of sp³-hybridized carbons (Fsp3) is 0.467. The minimum Gasteiger partial charge on any atom is -0.400 e. The van der Waals surface area contributed by atoms with Gasteiger partial charge in [0.1, 0.15) is 5.82 Å². The van der Waals surface area contributed by atoms with Gasteiger partial charge in [0.25, 0.3) is 0 Å². The lowest BCUT2D eigenvalue weighted by Crippen LogP contribution is -2.21. The first-order valence-corrected chi connectivity index (χ1v) is 6.75. The molecular weight excluding hydrogens is 243 g/mol. The molecular formula is C15H21FN2O. The molecule has 1 aliphatic rings. The first-order chi connectivity index (χ1) is 9.33. The number of hydrogen-bond acceptors (Lipinski definition) is 2. The lowest BCUT2D eigenvalue weighted by molar-refractivity contribution is 0.344. The van der Waals surface area contributed by atoms with Gasteiger partial charge in [-0.1, -0.05) is 0 Å². The Bertz CT molecular complexity index is 518. The number of benzene rings is 1. The maximum Gasteiger partial charge on any atom is 0.123 e. The van der Waals surface area contributed by atoms with Gasteiger partial charge in [-0.2, -0.15) is 0 Å². The van der Waals surface area contributed by atoms with Gasteiger partial charge in [0.2, 0.25) is 0 Å². The Labute approximate surface area is 113 Å². The summed E-state index contributed by atoms with van der Waals surface area (Å²) in [6.45, 7) is 3.52. The number of aliphatic hydroxyl groups is 1. The Balaban J connectivity index is 0.000000637. The van der Waals surface area contributed by atoms with Crippen LogP contribution >= 0.6 is 0 Å². The van der Waals surface area contributed by atoms with Crippen molar-refractivity contribution in [2.45, 2.75) is 19.3 Å². The van der Waals surface area contributed by atoms with Gasteiger partial charge in [0.15, 0.2) is 0 Å². The van der Waals surface area contributed by atoms with Crippen LogP contribution in [0, 0.1) is 5.82 Å². The predicted molar refractivity (Wildman–Crippen MR) is 75.8 cm³/mol. The van der Waals surface area contributed by atoms with Crippen molar-refractivity contribution in [3.8, 4) is 0 Å². The molecule has 1 aliphatic heterocycles. The summed E-state index contributed by atoms with van der Waals surface area (Å²) in [7, 11) is 1.00. The quantitative estimate of drug-likeness (QED) is 0.894. The number of fused-ring (bicyclic) bond motifs is 1. The Kier molecular flexibility index (Phi) is 4.93. The van der Waals surface area contributed by atoms with Crippen LogP contribution < -0.4 is 0 Å². The molecule has 0 bridgehead atoms. The van der Waals surface area contributed by atoms with E-state index in [2.05, 4.69) is 9.88 Å². The standard InChI is InChI=1S/C14H17FN2.CH4O/c15-12-3-4-14-13(9-12)11(10-16-14)5-8-17-6-1-2-7-17;1-2/h3-4,9-10,16H,1-2,5-8H2;2H,1H3. The summed E-state index contributed by atoms with van der Waals surface area (Å²) in [4.78, 5) is 5.69. The number of nitrogens with zero attached hydrogens (tertiary/aromatic N) is 1. The molecule has 1 aromatic heterocycles. The summed E-state index contributed by atoms with van der Waals surface area (Å²) in [6, 6.07) is 4.94. The molecule has 0 amide bonds. The third-order valence-electron chi connectivity index (χ3n) is 3.63. The highest BCUT2D eigenvalue weighted by molar-refractivity contribution is 5.83. The van der Waals surface area contributed by atoms with Crippen LogP contribution in [0.5, 0.6) is 0 Å². The molecule has 0 spiro atoms. The molecule has 0 aliphatic carbocycles. The summed E-state index contributed by atoms with van der Waals surface area (Å²) in [5, 5.41) is 8.03. The van der Waals surface area contributed by atoms with Crippen LogP contribution in [0.25, 0.3) is 10.9 Å². The summed E-state index contributed by atoms with van der Waals surface area (Å²) >= 11 is 0. The number of rotatable bonds is 3. The van der Waals surface area contributed by atoms with Crippen LogP contribution in [0.15, 0.2) is 24.4 Å². The number of aliphatic hydroxyl groups excluding tert-OH is 1. The highest BCUT2D eigenvalue weighted by Gasteiger charge is 2.12. The molecule has 2 aromatic rings. The van der Waals surface area contributed by atoms with Crippen molar-refractivity contribution in [2.24, 2.45) is 0 Å². The lowest BCUT2D eigenvalue weighted by Gasteiger charge is -2.13. The van der Waals surface area contributed by atoms with Gasteiger partial charge in [0.05, 0.1) is 0 Å². The number of halogens is 1. The molecule has 1 saturated heterocycles. The average molecular weight is 264 g/mol. The monoisotopic (exact) mass is 264 g/mol. The molecule has 19 heavy (non-hydrogen) atoms. The van der Waals surface area contributed by atoms with Gasteiger partial charge in [-0.05, 0) is 56.1 Å². The molecule has 0 saturated carbocycles. The average Bonchev–Trinajstić information content (AvgIpc) is 3.07. The Hall–Kier alpha value is -1.39. The zero-order valence-electron chi connectivity index (χ0n) is 11.3. The normalized spacial score (nSPS) is 15.5. The zero-order chi connectivity index (χ0) is 13.7. The topological polar surface area (TPSA) is 39.3 Å². The SMILES string of the molecule is CO.Fc1ccc2[nH]cc(CCN3CCCC3)c2c1. The number of H-pyrrole nitrogens is 1. The molecule has 0 unspecified atom stereocenters. The fourth-order valence-electron chi connectivity index (χ4n) is 2.64. The second kappa shape index (κ2) is 6.68. The van der Waals surface area contributed by atoms with Crippen LogP contribution in [0.3, 0.4) is 0 Å². The number of likely N-dealkylation sites (tertiary alicyclic amines) is 1. The Morgan fingerprint density at radius 3 is 2.74 bits per heavy atom. The van der Waals surface area contributed by atoms with E-state index in [0.717, 1.165) is 31.0 Å². The number of nitrogens with one attached hydrogen (secondary N) is 1. The van der Waals surface area contributed by atoms with Crippen LogP contribution in [-0.4, -0.2) is 41.7 Å². The van der Waals surface area contributed by atoms with E-state index < -0.39 is 0 Å². The highest BCUT2D eigenvalue weighted by Crippen LogP contribution is 2.20. The predicted octanol–water partition coefficient (Wildman–Crippen LogP) is 2.55. The van der Waals surface area contributed by atoms with Gasteiger partial charge in [0, 0.05) is 30.8 Å². The third-order valence-corrected chi connectivity index (χ3v) is 3.63. The van der Waals surface area contributed by atoms with Crippen molar-refractivity contribution in [1.82, 2.24) is 9.88 Å². The summed E-state index contributed by atoms with van der Waals surface area (Å²) in [5.74, 6) is -0.153. The molecule has 0 atom stereocenters. The van der Waals surface area contributed by atoms with Gasteiger partial charge >= 0.3 is 0 Å². The zero-order valence-corrected chi connectivity index (χ0v) is 11.3. The first kappa shape index (κ1) is 14.0. The molecule has 1 aromatic carbocycles. The number of aromatic amines is 1. The van der Waals surface area contributed by atoms with Crippen LogP contribution in [-0.2, 0) is 6.42 Å². The molecule has 1 fully saturated rings. The van der Waals surface area contributed by atoms with E-state index >= 15 is 0 Å². The van der Waals surface area contributed by atoms with E-state index in [9.17, 15) is 4.39 Å². The second-order valence-corrected chi connectivity index (χ2v) is 4.80. The van der Waals surface area contributed by atoms with Gasteiger partial charge < -0.3 is 15.0 Å². The molecule has 3 rings (SSSR count). The fourth-order valence-corrected chi connectivity index (χ4v) is 2.64. The summed E-state index contributed by atoms with van der Waals surface area (Å²) in [6.07, 6.45) is 5.66. The Morgan fingerprint density at radius 2 is 2.00 bits per heavy atom. The molecule has 4 heteroatoms. The summed E-state index contributed by atoms with van der Waals surface area (Å²) in [5.41, 5.74) is 2.26. The third kappa shape index (κ3) is 3.33. The molecule has 0 radical (unpaired) electrons. The van der Waals surface area contributed by atoms with E-state index in [4.69, 9.17) is 5.11 Å². The van der Waals surface area contributed by atoms with E-state index in [1.807, 2.05) is 12.3 Å². The molecule has 2 N–H and O–H groups in total. The van der Waals surface area contributed by atoms with Crippen molar-refractivity contribution in [3.05, 3.63) is 35.8 Å². The highest BCUT2D eigenvalue weighted by atomic mass is 19.1. The van der Waals surface area contributed by atoms with E-state index in [-0.39, 0.29) is 5.82 Å². The van der Waals surface area contributed by atoms with Crippen molar-refractivity contribution >= 4 is 10.9 Å². The van der Waals surface area contributed by atoms with Gasteiger partial charge in [-0.15, -0.1) is 0 Å². The first-order valence-electron chi connectivity index (χ1n) is 6.75. The molecule has 3 nitrogen and oxygen atoms in total. The van der Waals surface area contributed by atoms with Crippen molar-refractivity contribution in [2.75, 3.05) is 26.7 Å². The largest absolute Gasteiger partial charge is 0.400 e. The minimum atomic E-state index is -0.153. The smallest absolute Gasteiger partial charge is 0.123 e. The molecule has 104 valence electrons. The number of aromatic nitrogens is 1. The maximum atomic E-state index is 13.2. The molecule has 2 heterocycles. The van der Waals surface area contributed by atoms with Gasteiger partial charge in [-0.25, -0.2) is 4.39 Å². The van der Waals surface area contributed by atoms with Crippen molar-refractivity contribution in [1.29, 1.82) is 0 Å². The summed E-state index contributed by atoms with van der Waals surface area (Å²) < 4.78 is 13.2. The van der Waals surface area contributed by atoms with E-state index in [1.54, 1.807) is 6.07 Å². The van der Waals surface area contributed by atoms with E-state index in [1.165, 1.54) is 37.6 Å². The van der Waals surface area contributed by atoms with Crippen LogP contribution in [0.1, 0.15) is 18.4 Å². The van der Waals surface area contributed by atoms with E-state index in [0.29, 0.717) is 0 Å². The van der Waals surface area contributed by atoms with Crippen molar-refractivity contribution in [3.63, 3.8) is 0 Å². The maximum absolute atomic E-state index is 13.2.